The molecule has 0 aliphatic carbocycles. The van der Waals surface area contributed by atoms with Crippen molar-refractivity contribution in [2.75, 3.05) is 37.4 Å². The Morgan fingerprint density at radius 2 is 2.14 bits per heavy atom. The molecular weight excluding hydrogens is 376 g/mol. The van der Waals surface area contributed by atoms with Crippen molar-refractivity contribution in [3.8, 4) is 5.75 Å². The van der Waals surface area contributed by atoms with Gasteiger partial charge in [0, 0.05) is 43.6 Å². The molecule has 0 radical (unpaired) electrons. The second kappa shape index (κ2) is 8.31. The van der Waals surface area contributed by atoms with Gasteiger partial charge in [-0.3, -0.25) is 9.59 Å². The number of methoxy groups -OCH3 is 1. The monoisotopic (exact) mass is 400 g/mol. The zero-order valence-corrected chi connectivity index (χ0v) is 16.7. The molecule has 7 heteroatoms. The van der Waals surface area contributed by atoms with Crippen molar-refractivity contribution in [2.45, 2.75) is 18.1 Å². The van der Waals surface area contributed by atoms with Gasteiger partial charge in [-0.2, -0.15) is 0 Å². The van der Waals surface area contributed by atoms with E-state index in [0.717, 1.165) is 23.6 Å². The second-order valence-corrected chi connectivity index (χ2v) is 8.41. The number of thioether (sulfide) groups is 1. The quantitative estimate of drug-likeness (QED) is 0.788. The first-order chi connectivity index (χ1) is 13.7. The zero-order valence-electron chi connectivity index (χ0n) is 15.9. The molecule has 2 unspecified atom stereocenters. The van der Waals surface area contributed by atoms with Crippen LogP contribution < -0.4 is 9.64 Å². The third-order valence-electron chi connectivity index (χ3n) is 5.35. The maximum atomic E-state index is 13.1. The van der Waals surface area contributed by atoms with Crippen molar-refractivity contribution in [2.24, 2.45) is 5.92 Å². The Bertz CT molecular complexity index is 839. The number of anilines is 1. The van der Waals surface area contributed by atoms with Crippen LogP contribution >= 0.6 is 11.8 Å². The van der Waals surface area contributed by atoms with Crippen molar-refractivity contribution in [1.29, 1.82) is 0 Å². The molecule has 0 bridgehead atoms. The van der Waals surface area contributed by atoms with Crippen LogP contribution in [0.1, 0.15) is 23.9 Å². The lowest BCUT2D eigenvalue weighted by molar-refractivity contribution is -0.135. The van der Waals surface area contributed by atoms with Gasteiger partial charge in [-0.1, -0.05) is 6.07 Å². The van der Waals surface area contributed by atoms with Gasteiger partial charge in [0.1, 0.15) is 11.5 Å². The van der Waals surface area contributed by atoms with E-state index in [-0.39, 0.29) is 29.4 Å². The molecule has 3 heterocycles. The fraction of sp³-hybridized carbons (Fsp3) is 0.429. The van der Waals surface area contributed by atoms with E-state index in [4.69, 9.17) is 9.15 Å². The third kappa shape index (κ3) is 3.90. The number of furan rings is 1. The SMILES string of the molecule is COc1cccc(N2CC(C(=O)N3CCSC(c4ccco4)CC3)CC2=O)c1. The fourth-order valence-electron chi connectivity index (χ4n) is 3.85. The number of carbonyl (C=O) groups excluding carboxylic acids is 2. The summed E-state index contributed by atoms with van der Waals surface area (Å²) in [5, 5.41) is 0.284. The average Bonchev–Trinajstić information content (AvgIpc) is 3.32. The van der Waals surface area contributed by atoms with E-state index >= 15 is 0 Å². The minimum atomic E-state index is -0.288. The topological polar surface area (TPSA) is 63.0 Å². The molecule has 2 saturated heterocycles. The molecule has 0 N–H and O–H groups in total. The van der Waals surface area contributed by atoms with Gasteiger partial charge in [-0.25, -0.2) is 0 Å². The molecule has 28 heavy (non-hydrogen) atoms. The summed E-state index contributed by atoms with van der Waals surface area (Å²) in [6.07, 6.45) is 2.83. The van der Waals surface area contributed by atoms with Crippen LogP contribution in [0.3, 0.4) is 0 Å². The Hall–Kier alpha value is -2.41. The minimum Gasteiger partial charge on any atom is -0.497 e. The van der Waals surface area contributed by atoms with Gasteiger partial charge in [0.05, 0.1) is 24.5 Å². The zero-order chi connectivity index (χ0) is 19.5. The molecule has 4 rings (SSSR count). The van der Waals surface area contributed by atoms with Gasteiger partial charge in [0.25, 0.3) is 0 Å². The average molecular weight is 401 g/mol. The first-order valence-corrected chi connectivity index (χ1v) is 10.6. The Balaban J connectivity index is 1.40. The minimum absolute atomic E-state index is 0.00994. The molecule has 2 aliphatic rings. The molecule has 2 fully saturated rings. The summed E-state index contributed by atoms with van der Waals surface area (Å²) in [7, 11) is 1.60. The predicted octanol–water partition coefficient (Wildman–Crippen LogP) is 3.35. The van der Waals surface area contributed by atoms with Gasteiger partial charge < -0.3 is 19.0 Å². The fourth-order valence-corrected chi connectivity index (χ4v) is 5.03. The molecule has 0 spiro atoms. The highest BCUT2D eigenvalue weighted by Gasteiger charge is 2.38. The van der Waals surface area contributed by atoms with Crippen LogP contribution in [0.5, 0.6) is 5.75 Å². The van der Waals surface area contributed by atoms with Crippen LogP contribution in [0.4, 0.5) is 5.69 Å². The van der Waals surface area contributed by atoms with Crippen LogP contribution in [-0.4, -0.2) is 49.2 Å². The van der Waals surface area contributed by atoms with Crippen LogP contribution in [0.15, 0.2) is 47.1 Å². The first kappa shape index (κ1) is 18.9. The van der Waals surface area contributed by atoms with E-state index in [9.17, 15) is 9.59 Å². The van der Waals surface area contributed by atoms with E-state index in [1.165, 1.54) is 0 Å². The number of carbonyl (C=O) groups is 2. The highest BCUT2D eigenvalue weighted by Crippen LogP contribution is 2.35. The Labute approximate surface area is 168 Å². The van der Waals surface area contributed by atoms with E-state index in [1.54, 1.807) is 18.3 Å². The van der Waals surface area contributed by atoms with Gasteiger partial charge in [0.2, 0.25) is 11.8 Å². The van der Waals surface area contributed by atoms with Crippen LogP contribution in [0.25, 0.3) is 0 Å². The third-order valence-corrected chi connectivity index (χ3v) is 6.64. The number of nitrogens with zero attached hydrogens (tertiary/aromatic N) is 2. The number of amides is 2. The molecule has 2 aromatic rings. The second-order valence-electron chi connectivity index (χ2n) is 7.10. The summed E-state index contributed by atoms with van der Waals surface area (Å²) in [4.78, 5) is 29.2. The summed E-state index contributed by atoms with van der Waals surface area (Å²) in [6.45, 7) is 1.84. The highest BCUT2D eigenvalue weighted by molar-refractivity contribution is 7.99. The lowest BCUT2D eigenvalue weighted by Crippen LogP contribution is -2.38. The normalized spacial score (nSPS) is 23.0. The highest BCUT2D eigenvalue weighted by atomic mass is 32.2. The van der Waals surface area contributed by atoms with Gasteiger partial charge in [-0.15, -0.1) is 11.8 Å². The van der Waals surface area contributed by atoms with Crippen molar-refractivity contribution in [3.05, 3.63) is 48.4 Å². The Morgan fingerprint density at radius 1 is 1.25 bits per heavy atom. The van der Waals surface area contributed by atoms with Crippen molar-refractivity contribution < 1.29 is 18.7 Å². The van der Waals surface area contributed by atoms with Gasteiger partial charge >= 0.3 is 0 Å². The van der Waals surface area contributed by atoms with Crippen molar-refractivity contribution >= 4 is 29.3 Å². The smallest absolute Gasteiger partial charge is 0.228 e. The molecule has 2 atom stereocenters. The van der Waals surface area contributed by atoms with Crippen LogP contribution in [-0.2, 0) is 9.59 Å². The number of rotatable bonds is 4. The Morgan fingerprint density at radius 3 is 2.93 bits per heavy atom. The van der Waals surface area contributed by atoms with Crippen LogP contribution in [0.2, 0.25) is 0 Å². The molecule has 148 valence electrons. The first-order valence-electron chi connectivity index (χ1n) is 9.54. The summed E-state index contributed by atoms with van der Waals surface area (Å²) in [5.41, 5.74) is 0.781. The van der Waals surface area contributed by atoms with Crippen LogP contribution in [0, 0.1) is 5.92 Å². The maximum absolute atomic E-state index is 13.1. The lowest BCUT2D eigenvalue weighted by Gasteiger charge is -2.24. The molecule has 1 aromatic heterocycles. The summed E-state index contributed by atoms with van der Waals surface area (Å²) in [6, 6.07) is 11.3. The van der Waals surface area contributed by atoms with E-state index in [1.807, 2.05) is 53.1 Å². The summed E-state index contributed by atoms with van der Waals surface area (Å²) < 4.78 is 10.8. The lowest BCUT2D eigenvalue weighted by atomic mass is 10.1. The summed E-state index contributed by atoms with van der Waals surface area (Å²) >= 11 is 1.83. The number of hydrogen-bond acceptors (Lipinski definition) is 5. The van der Waals surface area contributed by atoms with E-state index in [2.05, 4.69) is 0 Å². The number of hydrogen-bond donors (Lipinski definition) is 0. The molecule has 6 nitrogen and oxygen atoms in total. The van der Waals surface area contributed by atoms with E-state index < -0.39 is 0 Å². The molecule has 2 aliphatic heterocycles. The van der Waals surface area contributed by atoms with Gasteiger partial charge in [0.15, 0.2) is 0 Å². The molecule has 1 aromatic carbocycles. The maximum Gasteiger partial charge on any atom is 0.228 e. The molecular formula is C21H24N2O4S. The number of ether oxygens (including phenoxy) is 1. The summed E-state index contributed by atoms with van der Waals surface area (Å²) in [5.74, 6) is 2.33. The largest absolute Gasteiger partial charge is 0.497 e. The van der Waals surface area contributed by atoms with Crippen molar-refractivity contribution in [3.63, 3.8) is 0 Å². The standard InChI is InChI=1S/C21H24N2O4S/c1-26-17-5-2-4-16(13-17)23-14-15(12-20(23)24)21(25)22-8-7-19(28-11-9-22)18-6-3-10-27-18/h2-6,10,13,15,19H,7-9,11-12,14H2,1H3. The number of benzene rings is 1. The molecule has 2 amide bonds. The van der Waals surface area contributed by atoms with Gasteiger partial charge in [-0.05, 0) is 30.7 Å². The Kier molecular flexibility index (Phi) is 5.62. The predicted molar refractivity (Wildman–Crippen MR) is 109 cm³/mol. The molecule has 0 saturated carbocycles. The van der Waals surface area contributed by atoms with E-state index in [0.29, 0.717) is 25.4 Å². The van der Waals surface area contributed by atoms with Crippen molar-refractivity contribution in [1.82, 2.24) is 4.90 Å².